The van der Waals surface area contributed by atoms with E-state index in [1.165, 1.54) is 0 Å². The van der Waals surface area contributed by atoms with Crippen LogP contribution in [0.25, 0.3) is 0 Å². The third-order valence-corrected chi connectivity index (χ3v) is 0. The minimum atomic E-state index is 0. The van der Waals surface area contributed by atoms with Crippen molar-refractivity contribution in [3.8, 4) is 0 Å². The molecule has 0 aromatic carbocycles. The van der Waals surface area contributed by atoms with Gasteiger partial charge in [0, 0.05) is 22.4 Å². The molecule has 0 aliphatic rings. The van der Waals surface area contributed by atoms with E-state index in [1.807, 2.05) is 0 Å². The van der Waals surface area contributed by atoms with Crippen LogP contribution < -0.4 is 0 Å². The molecule has 0 unspecified atom stereocenters. The molecule has 0 saturated carbocycles. The monoisotopic (exact) mass is 325 g/mol. The summed E-state index contributed by atoms with van der Waals surface area (Å²) in [6.07, 6.45) is 0. The van der Waals surface area contributed by atoms with Crippen molar-refractivity contribution in [3.63, 3.8) is 0 Å². The predicted octanol–water partition coefficient (Wildman–Crippen LogP) is -4.53. The standard InChI is InChI=1S/ClH.6H2O.Ta/h1H;6*1H2;. The van der Waals surface area contributed by atoms with E-state index in [1.54, 1.807) is 0 Å². The fourth-order valence-corrected chi connectivity index (χ4v) is 0. The first-order chi connectivity index (χ1) is 0. The van der Waals surface area contributed by atoms with Gasteiger partial charge in [0.2, 0.25) is 0 Å². The smallest absolute Gasteiger partial charge is 0 e. The molecule has 0 aliphatic heterocycles. The zero-order valence-electron chi connectivity index (χ0n) is 3.86. The van der Waals surface area contributed by atoms with Crippen LogP contribution >= 0.6 is 12.4 Å². The van der Waals surface area contributed by atoms with E-state index in [4.69, 9.17) is 0 Å². The normalized spacial score (nSPS) is 0. The number of rotatable bonds is 0. The Balaban J connectivity index is 0. The second-order valence-electron chi connectivity index (χ2n) is 0. The Bertz CT molecular complexity index is 8.49. The molecule has 6 nitrogen and oxygen atoms in total. The molecule has 0 aliphatic carbocycles. The van der Waals surface area contributed by atoms with Gasteiger partial charge in [-0.15, -0.1) is 12.4 Å². The minimum Gasteiger partial charge on any atom is -0.412 e. The van der Waals surface area contributed by atoms with E-state index < -0.39 is 0 Å². The van der Waals surface area contributed by atoms with Crippen LogP contribution in [0.15, 0.2) is 0 Å². The van der Waals surface area contributed by atoms with Crippen LogP contribution in [-0.2, 0) is 22.4 Å². The Labute approximate surface area is 68.0 Å². The maximum Gasteiger partial charge on any atom is 0 e. The molecule has 0 fully saturated rings. The Kier molecular flexibility index (Phi) is 61400. The van der Waals surface area contributed by atoms with E-state index in [2.05, 4.69) is 0 Å². The van der Waals surface area contributed by atoms with Crippen molar-refractivity contribution in [1.29, 1.82) is 0 Å². The molecule has 0 aromatic rings. The molecule has 8 heteroatoms. The molecule has 1 radical (unpaired) electrons. The maximum atomic E-state index is 0. The summed E-state index contributed by atoms with van der Waals surface area (Å²) in [6.45, 7) is 0. The molecule has 0 bridgehead atoms. The van der Waals surface area contributed by atoms with Crippen molar-refractivity contribution < 1.29 is 55.2 Å². The molecule has 0 aromatic heterocycles. The third-order valence-electron chi connectivity index (χ3n) is 0. The number of halogens is 1. The topological polar surface area (TPSA) is 189 Å². The van der Waals surface area contributed by atoms with Crippen LogP contribution in [0.1, 0.15) is 0 Å². The molecule has 12 N–H and O–H groups in total. The van der Waals surface area contributed by atoms with Gasteiger partial charge in [0.15, 0.2) is 0 Å². The Morgan fingerprint density at radius 1 is 0.375 bits per heavy atom. The largest absolute Gasteiger partial charge is 0.412 e. The van der Waals surface area contributed by atoms with E-state index >= 15 is 0 Å². The number of hydrogen-bond donors (Lipinski definition) is 0. The van der Waals surface area contributed by atoms with E-state index in [-0.39, 0.29) is 67.6 Å². The van der Waals surface area contributed by atoms with Crippen molar-refractivity contribution in [1.82, 2.24) is 0 Å². The Morgan fingerprint density at radius 2 is 0.375 bits per heavy atom. The molecule has 0 atom stereocenters. The van der Waals surface area contributed by atoms with Crippen LogP contribution in [0.2, 0.25) is 0 Å². The zero-order chi connectivity index (χ0) is 0. The minimum absolute atomic E-state index is 0. The fourth-order valence-electron chi connectivity index (χ4n) is 0. The second-order valence-corrected chi connectivity index (χ2v) is 0. The SMILES string of the molecule is Cl.O.O.O.O.O.O.[Ta]. The van der Waals surface area contributed by atoms with Crippen LogP contribution in [0.3, 0.4) is 0 Å². The Hall–Kier alpha value is 0.790. The first-order valence-corrected chi connectivity index (χ1v) is 0. The van der Waals surface area contributed by atoms with Gasteiger partial charge in [-0.2, -0.15) is 0 Å². The zero-order valence-corrected chi connectivity index (χ0v) is 7.89. The summed E-state index contributed by atoms with van der Waals surface area (Å²) in [5, 5.41) is 0. The maximum absolute atomic E-state index is 0. The summed E-state index contributed by atoms with van der Waals surface area (Å²) in [5.41, 5.74) is 0. The Morgan fingerprint density at radius 3 is 0.375 bits per heavy atom. The molecule has 0 amide bonds. The van der Waals surface area contributed by atoms with Crippen molar-refractivity contribution in [3.05, 3.63) is 0 Å². The van der Waals surface area contributed by atoms with Gasteiger partial charge < -0.3 is 32.9 Å². The van der Waals surface area contributed by atoms with E-state index in [0.717, 1.165) is 0 Å². The third kappa shape index (κ3) is 365. The first-order valence-electron chi connectivity index (χ1n) is 0. The molecular formula is H13ClO6Ta. The van der Waals surface area contributed by atoms with Gasteiger partial charge in [0.25, 0.3) is 0 Å². The van der Waals surface area contributed by atoms with Crippen molar-refractivity contribution in [2.24, 2.45) is 0 Å². The van der Waals surface area contributed by atoms with E-state index in [0.29, 0.717) is 0 Å². The average Bonchev–Trinajstić information content (AvgIpc) is 0. The predicted molar refractivity (Wildman–Crippen MR) is 28.9 cm³/mol. The molecule has 0 saturated heterocycles. The molecular weight excluding hydrogens is 312 g/mol. The molecule has 61 valence electrons. The molecule has 0 spiro atoms. The quantitative estimate of drug-likeness (QED) is 0.415. The summed E-state index contributed by atoms with van der Waals surface area (Å²) in [4.78, 5) is 0. The summed E-state index contributed by atoms with van der Waals surface area (Å²) < 4.78 is 0. The number of hydrogen-bond acceptors (Lipinski definition) is 0. The van der Waals surface area contributed by atoms with Crippen molar-refractivity contribution in [2.45, 2.75) is 0 Å². The van der Waals surface area contributed by atoms with Gasteiger partial charge in [-0.1, -0.05) is 0 Å². The first kappa shape index (κ1) is 854. The fraction of sp³-hybridized carbons (Fsp3) is 0. The van der Waals surface area contributed by atoms with Gasteiger partial charge in [0.05, 0.1) is 0 Å². The van der Waals surface area contributed by atoms with Gasteiger partial charge in [-0.3, -0.25) is 0 Å². The van der Waals surface area contributed by atoms with Crippen LogP contribution in [0.5, 0.6) is 0 Å². The van der Waals surface area contributed by atoms with Crippen molar-refractivity contribution >= 4 is 12.4 Å². The van der Waals surface area contributed by atoms with Gasteiger partial charge in [-0.25, -0.2) is 0 Å². The van der Waals surface area contributed by atoms with Crippen LogP contribution in [0, 0.1) is 0 Å². The van der Waals surface area contributed by atoms with Gasteiger partial charge in [-0.05, 0) is 0 Å². The summed E-state index contributed by atoms with van der Waals surface area (Å²) in [6, 6.07) is 0. The summed E-state index contributed by atoms with van der Waals surface area (Å²) in [7, 11) is 0. The van der Waals surface area contributed by atoms with Crippen molar-refractivity contribution in [2.75, 3.05) is 0 Å². The second kappa shape index (κ2) is 575. The van der Waals surface area contributed by atoms with Crippen LogP contribution in [-0.4, -0.2) is 32.9 Å². The van der Waals surface area contributed by atoms with Gasteiger partial charge >= 0.3 is 0 Å². The molecule has 0 heterocycles. The summed E-state index contributed by atoms with van der Waals surface area (Å²) in [5.74, 6) is 0. The van der Waals surface area contributed by atoms with E-state index in [9.17, 15) is 0 Å². The average molecular weight is 325 g/mol. The summed E-state index contributed by atoms with van der Waals surface area (Å²) >= 11 is 0. The molecule has 0 rings (SSSR count). The molecule has 8 heavy (non-hydrogen) atoms. The van der Waals surface area contributed by atoms with Gasteiger partial charge in [0.1, 0.15) is 0 Å². The van der Waals surface area contributed by atoms with Crippen LogP contribution in [0.4, 0.5) is 0 Å².